The average molecular weight is 738 g/mol. The minimum atomic E-state index is -9.20. The Kier molecular flexibility index (Phi) is 8.52. The number of benzene rings is 1. The summed E-state index contributed by atoms with van der Waals surface area (Å²) in [6.07, 6.45) is -15.2. The van der Waals surface area contributed by atoms with Crippen molar-refractivity contribution in [3.05, 3.63) is 27.8 Å². The SMILES string of the molecule is FC(F)(F)C(F)(F)C(F)(F)C(F)(F)C(F)(F)C(F)(F)C(F)(F)C(F)(F)C(F)(F)C(F)(F)Oc1ccccc1I. The van der Waals surface area contributed by atoms with Crippen LogP contribution in [-0.4, -0.2) is 59.7 Å². The first kappa shape index (κ1) is 35.3. The topological polar surface area (TPSA) is 9.23 Å². The molecule has 1 aromatic carbocycles. The molecule has 0 N–H and O–H groups in total. The van der Waals surface area contributed by atoms with Crippen molar-refractivity contribution in [2.75, 3.05) is 0 Å². The second kappa shape index (κ2) is 9.41. The van der Waals surface area contributed by atoms with Gasteiger partial charge in [-0.25, -0.2) is 0 Å². The molecule has 228 valence electrons. The smallest absolute Gasteiger partial charge is 0.427 e. The second-order valence-electron chi connectivity index (χ2n) is 7.14. The summed E-state index contributed by atoms with van der Waals surface area (Å²) in [4.78, 5) is 0. The Morgan fingerprint density at radius 2 is 0.692 bits per heavy atom. The summed E-state index contributed by atoms with van der Waals surface area (Å²) < 4.78 is 281. The summed E-state index contributed by atoms with van der Waals surface area (Å²) in [6, 6.07) is 2.53. The summed E-state index contributed by atoms with van der Waals surface area (Å²) in [6.45, 7) is 0. The third kappa shape index (κ3) is 4.70. The van der Waals surface area contributed by atoms with E-state index in [4.69, 9.17) is 0 Å². The molecule has 0 heterocycles. The van der Waals surface area contributed by atoms with E-state index in [9.17, 15) is 92.2 Å². The summed E-state index contributed by atoms with van der Waals surface area (Å²) in [7, 11) is 0. The molecule has 1 aromatic rings. The van der Waals surface area contributed by atoms with Crippen molar-refractivity contribution in [3.8, 4) is 5.75 Å². The van der Waals surface area contributed by atoms with Gasteiger partial charge in [0, 0.05) is 0 Å². The molecule has 0 unspecified atom stereocenters. The molecule has 0 aliphatic heterocycles. The summed E-state index contributed by atoms with van der Waals surface area (Å²) >= 11 is 0.963. The van der Waals surface area contributed by atoms with Crippen molar-refractivity contribution >= 4 is 22.6 Å². The molecule has 0 spiro atoms. The van der Waals surface area contributed by atoms with Crippen LogP contribution in [0.4, 0.5) is 92.2 Å². The molecule has 0 aliphatic carbocycles. The highest BCUT2D eigenvalue weighted by Crippen LogP contribution is 2.66. The fourth-order valence-corrected chi connectivity index (χ4v) is 2.77. The molecule has 0 bridgehead atoms. The molecular formula is C16H4F21IO. The molecule has 0 atom stereocenters. The lowest BCUT2D eigenvalue weighted by atomic mass is 9.87. The van der Waals surface area contributed by atoms with Crippen LogP contribution in [0.1, 0.15) is 0 Å². The standard InChI is InChI=1S/C16H4F21IO/c17-7(18,9(21,22)11(25,26)13(29,30)15(33,34)35)8(19,20)10(23,24)12(27,28)14(31,32)16(36,37)39-6-4-2-1-3-5(6)38/h1-4H. The Bertz CT molecular complexity index is 1040. The van der Waals surface area contributed by atoms with Crippen molar-refractivity contribution in [2.24, 2.45) is 0 Å². The van der Waals surface area contributed by atoms with Gasteiger partial charge in [-0.3, -0.25) is 0 Å². The first-order valence-electron chi connectivity index (χ1n) is 8.64. The normalized spacial score (nSPS) is 15.9. The largest absolute Gasteiger partial charge is 0.471 e. The zero-order valence-electron chi connectivity index (χ0n) is 17.0. The van der Waals surface area contributed by atoms with Crippen molar-refractivity contribution in [2.45, 2.75) is 59.7 Å². The monoisotopic (exact) mass is 738 g/mol. The fraction of sp³-hybridized carbons (Fsp3) is 0.625. The Labute approximate surface area is 213 Å². The van der Waals surface area contributed by atoms with E-state index < -0.39 is 69.0 Å². The molecule has 0 aliphatic rings. The molecule has 1 rings (SSSR count). The molecule has 0 aromatic heterocycles. The van der Waals surface area contributed by atoms with Gasteiger partial charge in [-0.2, -0.15) is 92.2 Å². The van der Waals surface area contributed by atoms with Gasteiger partial charge in [0.05, 0.1) is 3.57 Å². The van der Waals surface area contributed by atoms with Crippen LogP contribution >= 0.6 is 22.6 Å². The highest BCUT2D eigenvalue weighted by atomic mass is 127. The Morgan fingerprint density at radius 3 is 1.00 bits per heavy atom. The molecule has 23 heteroatoms. The maximum absolute atomic E-state index is 13.8. The van der Waals surface area contributed by atoms with E-state index in [0.29, 0.717) is 12.1 Å². The fourth-order valence-electron chi connectivity index (χ4n) is 2.27. The Balaban J connectivity index is 3.75. The van der Waals surface area contributed by atoms with E-state index in [1.807, 2.05) is 0 Å². The number of para-hydroxylation sites is 1. The van der Waals surface area contributed by atoms with E-state index in [2.05, 4.69) is 4.74 Å². The van der Waals surface area contributed by atoms with Crippen LogP contribution in [0.2, 0.25) is 0 Å². The molecule has 0 saturated carbocycles. The van der Waals surface area contributed by atoms with Gasteiger partial charge in [-0.1, -0.05) is 12.1 Å². The van der Waals surface area contributed by atoms with Crippen LogP contribution in [0.15, 0.2) is 24.3 Å². The van der Waals surface area contributed by atoms with Crippen molar-refractivity contribution in [1.29, 1.82) is 0 Å². The molecule has 0 amide bonds. The van der Waals surface area contributed by atoms with Gasteiger partial charge in [0.1, 0.15) is 5.75 Å². The Morgan fingerprint density at radius 1 is 0.410 bits per heavy atom. The van der Waals surface area contributed by atoms with Crippen molar-refractivity contribution < 1.29 is 96.9 Å². The second-order valence-corrected chi connectivity index (χ2v) is 8.30. The minimum absolute atomic E-state index is 0.244. The minimum Gasteiger partial charge on any atom is -0.427 e. The first-order valence-corrected chi connectivity index (χ1v) is 9.72. The zero-order chi connectivity index (χ0) is 31.7. The lowest BCUT2D eigenvalue weighted by Crippen LogP contribution is -2.77. The molecule has 0 radical (unpaired) electrons. The molecular weight excluding hydrogens is 734 g/mol. The number of halogens is 22. The predicted molar refractivity (Wildman–Crippen MR) is 90.4 cm³/mol. The third-order valence-electron chi connectivity index (χ3n) is 4.56. The van der Waals surface area contributed by atoms with Crippen LogP contribution in [0.25, 0.3) is 0 Å². The molecule has 0 saturated heterocycles. The van der Waals surface area contributed by atoms with Gasteiger partial charge in [-0.05, 0) is 34.7 Å². The highest BCUT2D eigenvalue weighted by molar-refractivity contribution is 14.1. The maximum Gasteiger partial charge on any atom is 0.471 e. The summed E-state index contributed by atoms with van der Waals surface area (Å²) in [5, 5.41) is 0. The number of ether oxygens (including phenoxy) is 1. The van der Waals surface area contributed by atoms with Gasteiger partial charge in [0.15, 0.2) is 0 Å². The van der Waals surface area contributed by atoms with Gasteiger partial charge in [0.25, 0.3) is 0 Å². The van der Waals surface area contributed by atoms with Crippen LogP contribution in [0.3, 0.4) is 0 Å². The lowest BCUT2D eigenvalue weighted by molar-refractivity contribution is -0.480. The number of hydrogen-bond acceptors (Lipinski definition) is 1. The molecule has 0 fully saturated rings. The molecule has 39 heavy (non-hydrogen) atoms. The van der Waals surface area contributed by atoms with Gasteiger partial charge < -0.3 is 4.74 Å². The quantitative estimate of drug-likeness (QED) is 0.172. The number of rotatable bonds is 10. The summed E-state index contributed by atoms with van der Waals surface area (Å²) in [5.41, 5.74) is 0. The average Bonchev–Trinajstić information content (AvgIpc) is 2.73. The zero-order valence-corrected chi connectivity index (χ0v) is 19.2. The third-order valence-corrected chi connectivity index (χ3v) is 5.45. The van der Waals surface area contributed by atoms with E-state index in [0.717, 1.165) is 28.7 Å². The van der Waals surface area contributed by atoms with Crippen LogP contribution in [-0.2, 0) is 0 Å². The van der Waals surface area contributed by atoms with Crippen molar-refractivity contribution in [1.82, 2.24) is 0 Å². The van der Waals surface area contributed by atoms with Crippen LogP contribution < -0.4 is 4.74 Å². The molecule has 1 nitrogen and oxygen atoms in total. The number of hydrogen-bond donors (Lipinski definition) is 0. The first-order chi connectivity index (χ1) is 16.7. The number of alkyl halides is 21. The van der Waals surface area contributed by atoms with E-state index in [1.54, 1.807) is 0 Å². The van der Waals surface area contributed by atoms with Gasteiger partial charge in [0.2, 0.25) is 0 Å². The highest BCUT2D eigenvalue weighted by Gasteiger charge is 2.98. The lowest BCUT2D eigenvalue weighted by Gasteiger charge is -2.44. The summed E-state index contributed by atoms with van der Waals surface area (Å²) in [5.74, 6) is -72.3. The van der Waals surface area contributed by atoms with Gasteiger partial charge >= 0.3 is 59.7 Å². The van der Waals surface area contributed by atoms with Crippen LogP contribution in [0.5, 0.6) is 5.75 Å². The van der Waals surface area contributed by atoms with E-state index in [1.165, 1.54) is 0 Å². The van der Waals surface area contributed by atoms with E-state index >= 15 is 0 Å². The predicted octanol–water partition coefficient (Wildman–Crippen LogP) is 8.91. The van der Waals surface area contributed by atoms with Crippen LogP contribution in [0, 0.1) is 3.57 Å². The Hall–Kier alpha value is -1.72. The van der Waals surface area contributed by atoms with E-state index in [-0.39, 0.29) is 6.07 Å². The maximum atomic E-state index is 13.8. The van der Waals surface area contributed by atoms with Crippen molar-refractivity contribution in [3.63, 3.8) is 0 Å². The van der Waals surface area contributed by atoms with Gasteiger partial charge in [-0.15, -0.1) is 0 Å².